The summed E-state index contributed by atoms with van der Waals surface area (Å²) in [6, 6.07) is 19.4. The first-order valence-electron chi connectivity index (χ1n) is 11.5. The summed E-state index contributed by atoms with van der Waals surface area (Å²) in [6.45, 7) is 3.65. The molecular weight excluding hydrogens is 446 g/mol. The third kappa shape index (κ3) is 4.81. The fourth-order valence-electron chi connectivity index (χ4n) is 4.82. The van der Waals surface area contributed by atoms with E-state index in [1.807, 2.05) is 24.3 Å². The smallest absolute Gasteiger partial charge is 0.274 e. The number of pyridine rings is 1. The number of primary amides is 1. The SMILES string of the molecule is COc1ccccc1N1CCN(CCC(C(N)=O)(c2ccccn2)c2ccccc2[N+](=O)[O-])CC1. The molecule has 0 saturated carbocycles. The van der Waals surface area contributed by atoms with Gasteiger partial charge in [-0.05, 0) is 30.7 Å². The van der Waals surface area contributed by atoms with Gasteiger partial charge in [-0.2, -0.15) is 0 Å². The van der Waals surface area contributed by atoms with E-state index in [2.05, 4.69) is 14.8 Å². The van der Waals surface area contributed by atoms with Crippen molar-refractivity contribution in [1.29, 1.82) is 0 Å². The molecule has 1 aliphatic rings. The van der Waals surface area contributed by atoms with Gasteiger partial charge in [-0.15, -0.1) is 0 Å². The quantitative estimate of drug-likeness (QED) is 0.374. The minimum Gasteiger partial charge on any atom is -0.495 e. The third-order valence-electron chi connectivity index (χ3n) is 6.68. The van der Waals surface area contributed by atoms with Crippen LogP contribution in [-0.2, 0) is 10.2 Å². The van der Waals surface area contributed by atoms with E-state index >= 15 is 0 Å². The Morgan fingerprint density at radius 3 is 2.40 bits per heavy atom. The van der Waals surface area contributed by atoms with Gasteiger partial charge in [-0.25, -0.2) is 0 Å². The summed E-state index contributed by atoms with van der Waals surface area (Å²) in [5, 5.41) is 11.9. The van der Waals surface area contributed by atoms with Gasteiger partial charge in [0.25, 0.3) is 5.69 Å². The Kier molecular flexibility index (Phi) is 7.26. The van der Waals surface area contributed by atoms with Crippen molar-refractivity contribution < 1.29 is 14.5 Å². The molecule has 9 nitrogen and oxygen atoms in total. The van der Waals surface area contributed by atoms with Gasteiger partial charge >= 0.3 is 0 Å². The highest BCUT2D eigenvalue weighted by atomic mass is 16.6. The van der Waals surface area contributed by atoms with Crippen LogP contribution in [0.1, 0.15) is 17.7 Å². The van der Waals surface area contributed by atoms with E-state index in [9.17, 15) is 14.9 Å². The number of carbonyl (C=O) groups is 1. The summed E-state index contributed by atoms with van der Waals surface area (Å²) in [4.78, 5) is 33.4. The second-order valence-electron chi connectivity index (χ2n) is 8.51. The second-order valence-corrected chi connectivity index (χ2v) is 8.51. The Morgan fingerprint density at radius 2 is 1.74 bits per heavy atom. The van der Waals surface area contributed by atoms with E-state index in [0.717, 1.165) is 37.6 Å². The van der Waals surface area contributed by atoms with Gasteiger partial charge < -0.3 is 15.4 Å². The molecule has 0 radical (unpaired) electrons. The Morgan fingerprint density at radius 1 is 1.06 bits per heavy atom. The minimum absolute atomic E-state index is 0.141. The number of nitrogens with zero attached hydrogens (tertiary/aromatic N) is 4. The molecule has 0 spiro atoms. The van der Waals surface area contributed by atoms with Crippen molar-refractivity contribution in [3.05, 3.63) is 94.3 Å². The van der Waals surface area contributed by atoms with E-state index in [-0.39, 0.29) is 17.7 Å². The number of anilines is 1. The lowest BCUT2D eigenvalue weighted by Gasteiger charge is -2.38. The van der Waals surface area contributed by atoms with Crippen molar-refractivity contribution in [2.45, 2.75) is 11.8 Å². The summed E-state index contributed by atoms with van der Waals surface area (Å²) in [7, 11) is 1.67. The molecule has 182 valence electrons. The highest BCUT2D eigenvalue weighted by Gasteiger charge is 2.46. The zero-order chi connectivity index (χ0) is 24.8. The molecule has 9 heteroatoms. The first kappa shape index (κ1) is 24.2. The van der Waals surface area contributed by atoms with Crippen LogP contribution in [-0.4, -0.2) is 60.5 Å². The van der Waals surface area contributed by atoms with Gasteiger partial charge in [0.15, 0.2) is 0 Å². The Hall–Kier alpha value is -3.98. The largest absolute Gasteiger partial charge is 0.495 e. The van der Waals surface area contributed by atoms with Crippen LogP contribution in [0.4, 0.5) is 11.4 Å². The number of aromatic nitrogens is 1. The van der Waals surface area contributed by atoms with E-state index < -0.39 is 16.2 Å². The number of hydrogen-bond donors (Lipinski definition) is 1. The molecule has 1 atom stereocenters. The van der Waals surface area contributed by atoms with Crippen LogP contribution in [0.15, 0.2) is 72.9 Å². The standard InChI is InChI=1S/C26H29N5O4/c1-35-23-11-5-4-10-22(23)30-18-16-29(17-19-30)15-13-26(25(27)32,24-12-6-7-14-28-24)20-8-2-3-9-21(20)31(33)34/h2-12,14H,13,15-19H2,1H3,(H2,27,32). The van der Waals surface area contributed by atoms with Crippen LogP contribution in [0.2, 0.25) is 0 Å². The number of nitro groups is 1. The minimum atomic E-state index is -1.43. The van der Waals surface area contributed by atoms with Crippen LogP contribution < -0.4 is 15.4 Å². The predicted octanol–water partition coefficient (Wildman–Crippen LogP) is 2.98. The van der Waals surface area contributed by atoms with Crippen molar-refractivity contribution in [2.24, 2.45) is 5.73 Å². The van der Waals surface area contributed by atoms with E-state index in [0.29, 0.717) is 12.2 Å². The van der Waals surface area contributed by atoms with E-state index in [1.54, 1.807) is 49.7 Å². The van der Waals surface area contributed by atoms with Gasteiger partial charge in [0.1, 0.15) is 11.2 Å². The molecule has 1 unspecified atom stereocenters. The topological polar surface area (TPSA) is 115 Å². The van der Waals surface area contributed by atoms with Gasteiger partial charge in [-0.1, -0.05) is 36.4 Å². The van der Waals surface area contributed by atoms with Crippen LogP contribution >= 0.6 is 0 Å². The molecule has 2 heterocycles. The monoisotopic (exact) mass is 475 g/mol. The number of carbonyl (C=O) groups excluding carboxylic acids is 1. The number of ether oxygens (including phenoxy) is 1. The van der Waals surface area contributed by atoms with E-state index in [4.69, 9.17) is 10.5 Å². The molecule has 3 aromatic rings. The highest BCUT2D eigenvalue weighted by molar-refractivity contribution is 5.91. The molecule has 1 fully saturated rings. The van der Waals surface area contributed by atoms with Crippen molar-refractivity contribution in [1.82, 2.24) is 9.88 Å². The number of nitro benzene ring substituents is 1. The molecule has 0 aliphatic carbocycles. The zero-order valence-electron chi connectivity index (χ0n) is 19.7. The van der Waals surface area contributed by atoms with Crippen molar-refractivity contribution >= 4 is 17.3 Å². The summed E-state index contributed by atoms with van der Waals surface area (Å²) < 4.78 is 5.50. The number of para-hydroxylation sites is 3. The average Bonchev–Trinajstić information content (AvgIpc) is 2.90. The Labute approximate surface area is 204 Å². The first-order valence-corrected chi connectivity index (χ1v) is 11.5. The summed E-state index contributed by atoms with van der Waals surface area (Å²) in [5.41, 5.74) is 6.17. The molecule has 4 rings (SSSR count). The number of nitrogens with two attached hydrogens (primary N) is 1. The lowest BCUT2D eigenvalue weighted by molar-refractivity contribution is -0.385. The van der Waals surface area contributed by atoms with Crippen LogP contribution in [0.3, 0.4) is 0 Å². The molecule has 2 aromatic carbocycles. The Balaban J connectivity index is 1.59. The van der Waals surface area contributed by atoms with Crippen molar-refractivity contribution in [2.75, 3.05) is 44.7 Å². The highest BCUT2D eigenvalue weighted by Crippen LogP contribution is 2.40. The molecular formula is C26H29N5O4. The van der Waals surface area contributed by atoms with Crippen LogP contribution in [0.5, 0.6) is 5.75 Å². The first-order chi connectivity index (χ1) is 17.0. The molecule has 1 aliphatic heterocycles. The fourth-order valence-corrected chi connectivity index (χ4v) is 4.82. The molecule has 2 N–H and O–H groups in total. The molecule has 35 heavy (non-hydrogen) atoms. The number of rotatable bonds is 9. The number of methoxy groups -OCH3 is 1. The second kappa shape index (κ2) is 10.5. The fraction of sp³-hybridized carbons (Fsp3) is 0.308. The number of amides is 1. The van der Waals surface area contributed by atoms with Crippen molar-refractivity contribution in [3.8, 4) is 5.75 Å². The summed E-state index contributed by atoms with van der Waals surface area (Å²) >= 11 is 0. The van der Waals surface area contributed by atoms with Gasteiger partial charge in [0.05, 0.1) is 29.0 Å². The normalized spacial score (nSPS) is 15.9. The molecule has 1 saturated heterocycles. The lowest BCUT2D eigenvalue weighted by Crippen LogP contribution is -2.50. The maximum absolute atomic E-state index is 13.1. The summed E-state index contributed by atoms with van der Waals surface area (Å²) in [5.74, 6) is 0.179. The van der Waals surface area contributed by atoms with Gasteiger partial charge in [0.2, 0.25) is 5.91 Å². The number of hydrogen-bond acceptors (Lipinski definition) is 7. The predicted molar refractivity (Wildman–Crippen MR) is 134 cm³/mol. The zero-order valence-corrected chi connectivity index (χ0v) is 19.7. The lowest BCUT2D eigenvalue weighted by atomic mass is 9.73. The van der Waals surface area contributed by atoms with Crippen LogP contribution in [0, 0.1) is 10.1 Å². The maximum Gasteiger partial charge on any atom is 0.274 e. The van der Waals surface area contributed by atoms with Gasteiger partial charge in [-0.3, -0.25) is 24.8 Å². The van der Waals surface area contributed by atoms with Crippen LogP contribution in [0.25, 0.3) is 0 Å². The third-order valence-corrected chi connectivity index (χ3v) is 6.68. The molecule has 1 amide bonds. The van der Waals surface area contributed by atoms with E-state index in [1.165, 1.54) is 6.07 Å². The summed E-state index contributed by atoms with van der Waals surface area (Å²) in [6.07, 6.45) is 1.85. The molecule has 0 bridgehead atoms. The maximum atomic E-state index is 13.1. The molecule has 1 aromatic heterocycles. The average molecular weight is 476 g/mol. The Bertz CT molecular complexity index is 1180. The number of benzene rings is 2. The van der Waals surface area contributed by atoms with Gasteiger partial charge in [0, 0.05) is 45.0 Å². The van der Waals surface area contributed by atoms with Crippen molar-refractivity contribution in [3.63, 3.8) is 0 Å². The number of piperazine rings is 1.